The van der Waals surface area contributed by atoms with Crippen molar-refractivity contribution in [3.63, 3.8) is 0 Å². The Morgan fingerprint density at radius 3 is 3.21 bits per heavy atom. The number of aromatic nitrogens is 3. The molecule has 0 radical (unpaired) electrons. The van der Waals surface area contributed by atoms with E-state index in [1.54, 1.807) is 0 Å². The fourth-order valence-corrected chi connectivity index (χ4v) is 2.89. The molecule has 4 nitrogen and oxygen atoms in total. The molecule has 0 saturated carbocycles. The SMILES string of the molecule is CNC(C)c1cnnn1C1CCSC1. The van der Waals surface area contributed by atoms with Gasteiger partial charge >= 0.3 is 0 Å². The molecular formula is C9H16N4S. The van der Waals surface area contributed by atoms with Crippen LogP contribution in [0.2, 0.25) is 0 Å². The van der Waals surface area contributed by atoms with Gasteiger partial charge in [0.2, 0.25) is 0 Å². The Morgan fingerprint density at radius 1 is 1.71 bits per heavy atom. The highest BCUT2D eigenvalue weighted by atomic mass is 32.2. The average Bonchev–Trinajstić information content (AvgIpc) is 2.85. The molecule has 0 bridgehead atoms. The highest BCUT2D eigenvalue weighted by Crippen LogP contribution is 2.29. The van der Waals surface area contributed by atoms with Crippen molar-refractivity contribution in [3.05, 3.63) is 11.9 Å². The van der Waals surface area contributed by atoms with Crippen molar-refractivity contribution in [2.45, 2.75) is 25.4 Å². The van der Waals surface area contributed by atoms with Crippen molar-refractivity contribution < 1.29 is 0 Å². The predicted octanol–water partition coefficient (Wildman–Crippen LogP) is 1.24. The first-order valence-corrected chi connectivity index (χ1v) is 6.13. The van der Waals surface area contributed by atoms with Gasteiger partial charge in [-0.15, -0.1) is 5.10 Å². The van der Waals surface area contributed by atoms with Crippen LogP contribution in [0.3, 0.4) is 0 Å². The van der Waals surface area contributed by atoms with Gasteiger partial charge in [0.1, 0.15) is 0 Å². The second kappa shape index (κ2) is 4.31. The highest BCUT2D eigenvalue weighted by Gasteiger charge is 2.22. The summed E-state index contributed by atoms with van der Waals surface area (Å²) >= 11 is 2.00. The summed E-state index contributed by atoms with van der Waals surface area (Å²) in [5.74, 6) is 2.42. The highest BCUT2D eigenvalue weighted by molar-refractivity contribution is 7.99. The van der Waals surface area contributed by atoms with Gasteiger partial charge in [-0.25, -0.2) is 4.68 Å². The van der Waals surface area contributed by atoms with Gasteiger partial charge in [0.05, 0.1) is 17.9 Å². The predicted molar refractivity (Wildman–Crippen MR) is 58.5 cm³/mol. The van der Waals surface area contributed by atoms with E-state index in [0.29, 0.717) is 12.1 Å². The topological polar surface area (TPSA) is 42.7 Å². The van der Waals surface area contributed by atoms with Gasteiger partial charge in [0.25, 0.3) is 0 Å². The molecule has 78 valence electrons. The Labute approximate surface area is 88.4 Å². The zero-order valence-electron chi connectivity index (χ0n) is 8.60. The maximum atomic E-state index is 4.18. The van der Waals surface area contributed by atoms with Gasteiger partial charge in [-0.2, -0.15) is 11.8 Å². The van der Waals surface area contributed by atoms with Crippen molar-refractivity contribution in [1.29, 1.82) is 0 Å². The molecule has 2 rings (SSSR count). The van der Waals surface area contributed by atoms with E-state index in [-0.39, 0.29) is 0 Å². The number of nitrogens with one attached hydrogen (secondary N) is 1. The van der Waals surface area contributed by atoms with Crippen molar-refractivity contribution in [2.75, 3.05) is 18.6 Å². The summed E-state index contributed by atoms with van der Waals surface area (Å²) in [5, 5.41) is 11.4. The van der Waals surface area contributed by atoms with Gasteiger partial charge in [-0.1, -0.05) is 5.21 Å². The molecule has 1 aromatic rings. The molecular weight excluding hydrogens is 196 g/mol. The normalized spacial score (nSPS) is 24.0. The lowest BCUT2D eigenvalue weighted by Gasteiger charge is -2.16. The van der Waals surface area contributed by atoms with E-state index in [9.17, 15) is 0 Å². The molecule has 0 aromatic carbocycles. The molecule has 1 N–H and O–H groups in total. The van der Waals surface area contributed by atoms with Crippen molar-refractivity contribution >= 4 is 11.8 Å². The van der Waals surface area contributed by atoms with Crippen LogP contribution in [-0.2, 0) is 0 Å². The van der Waals surface area contributed by atoms with Crippen LogP contribution < -0.4 is 5.32 Å². The van der Waals surface area contributed by atoms with Crippen molar-refractivity contribution in [3.8, 4) is 0 Å². The number of nitrogens with zero attached hydrogens (tertiary/aromatic N) is 3. The summed E-state index contributed by atoms with van der Waals surface area (Å²) in [7, 11) is 1.96. The second-order valence-electron chi connectivity index (χ2n) is 3.63. The van der Waals surface area contributed by atoms with E-state index >= 15 is 0 Å². The number of rotatable bonds is 3. The van der Waals surface area contributed by atoms with E-state index in [4.69, 9.17) is 0 Å². The zero-order chi connectivity index (χ0) is 9.97. The Morgan fingerprint density at radius 2 is 2.57 bits per heavy atom. The van der Waals surface area contributed by atoms with Crippen molar-refractivity contribution in [2.24, 2.45) is 0 Å². The van der Waals surface area contributed by atoms with Gasteiger partial charge < -0.3 is 5.32 Å². The lowest BCUT2D eigenvalue weighted by Crippen LogP contribution is -2.20. The number of thioether (sulfide) groups is 1. The minimum Gasteiger partial charge on any atom is -0.312 e. The molecule has 0 amide bonds. The summed E-state index contributed by atoms with van der Waals surface area (Å²) in [6.07, 6.45) is 3.08. The molecule has 2 unspecified atom stereocenters. The molecule has 0 aliphatic carbocycles. The number of hydrogen-bond donors (Lipinski definition) is 1. The summed E-state index contributed by atoms with van der Waals surface area (Å²) in [6, 6.07) is 0.879. The first-order chi connectivity index (χ1) is 6.83. The van der Waals surface area contributed by atoms with Crippen LogP contribution in [0.1, 0.15) is 31.1 Å². The number of hydrogen-bond acceptors (Lipinski definition) is 4. The van der Waals surface area contributed by atoms with E-state index in [0.717, 1.165) is 0 Å². The third-order valence-corrected chi connectivity index (χ3v) is 3.88. The van der Waals surface area contributed by atoms with Crippen LogP contribution in [0, 0.1) is 0 Å². The molecule has 1 saturated heterocycles. The Kier molecular flexibility index (Phi) is 3.08. The quantitative estimate of drug-likeness (QED) is 0.818. The molecule has 14 heavy (non-hydrogen) atoms. The van der Waals surface area contributed by atoms with Gasteiger partial charge in [0.15, 0.2) is 0 Å². The van der Waals surface area contributed by atoms with E-state index < -0.39 is 0 Å². The largest absolute Gasteiger partial charge is 0.312 e. The Bertz CT molecular complexity index is 293. The van der Waals surface area contributed by atoms with Crippen LogP contribution in [0.5, 0.6) is 0 Å². The lowest BCUT2D eigenvalue weighted by atomic mass is 10.2. The van der Waals surface area contributed by atoms with Crippen LogP contribution >= 0.6 is 11.8 Å². The summed E-state index contributed by atoms with van der Waals surface area (Å²) in [5.41, 5.74) is 1.19. The minimum atomic E-state index is 0.329. The molecule has 1 aliphatic heterocycles. The van der Waals surface area contributed by atoms with Crippen molar-refractivity contribution in [1.82, 2.24) is 20.3 Å². The first-order valence-electron chi connectivity index (χ1n) is 4.98. The van der Waals surface area contributed by atoms with Crippen LogP contribution in [0.25, 0.3) is 0 Å². The second-order valence-corrected chi connectivity index (χ2v) is 4.78. The summed E-state index contributed by atoms with van der Waals surface area (Å²) in [4.78, 5) is 0. The Hall–Kier alpha value is -0.550. The monoisotopic (exact) mass is 212 g/mol. The smallest absolute Gasteiger partial charge is 0.0757 e. The summed E-state index contributed by atoms with van der Waals surface area (Å²) < 4.78 is 2.08. The average molecular weight is 212 g/mol. The molecule has 0 spiro atoms. The molecule has 5 heteroatoms. The molecule has 1 aliphatic rings. The minimum absolute atomic E-state index is 0.329. The molecule has 2 atom stereocenters. The fraction of sp³-hybridized carbons (Fsp3) is 0.778. The molecule has 2 heterocycles. The lowest BCUT2D eigenvalue weighted by molar-refractivity contribution is 0.445. The van der Waals surface area contributed by atoms with Crippen LogP contribution in [-0.4, -0.2) is 33.5 Å². The van der Waals surface area contributed by atoms with Gasteiger partial charge in [0, 0.05) is 11.8 Å². The maximum Gasteiger partial charge on any atom is 0.0757 e. The van der Waals surface area contributed by atoms with E-state index in [2.05, 4.69) is 27.2 Å². The van der Waals surface area contributed by atoms with E-state index in [1.165, 1.54) is 23.6 Å². The maximum absolute atomic E-state index is 4.18. The van der Waals surface area contributed by atoms with Crippen LogP contribution in [0.15, 0.2) is 6.20 Å². The summed E-state index contributed by atoms with van der Waals surface area (Å²) in [6.45, 7) is 2.14. The Balaban J connectivity index is 2.19. The third-order valence-electron chi connectivity index (χ3n) is 2.73. The fourth-order valence-electron chi connectivity index (χ4n) is 1.71. The van der Waals surface area contributed by atoms with E-state index in [1.807, 2.05) is 25.0 Å². The molecule has 1 aromatic heterocycles. The van der Waals surface area contributed by atoms with Crippen LogP contribution in [0.4, 0.5) is 0 Å². The van der Waals surface area contributed by atoms with Gasteiger partial charge in [-0.05, 0) is 26.1 Å². The third kappa shape index (κ3) is 1.79. The standard InChI is InChI=1S/C9H16N4S/c1-7(10-2)9-5-11-12-13(9)8-3-4-14-6-8/h5,7-8,10H,3-4,6H2,1-2H3. The zero-order valence-corrected chi connectivity index (χ0v) is 9.42. The van der Waals surface area contributed by atoms with Gasteiger partial charge in [-0.3, -0.25) is 0 Å². The molecule has 1 fully saturated rings. The first kappa shape index (κ1) is 9.98.